The molecule has 104 valence electrons. The average molecular weight is 253 g/mol. The number of aryl methyl sites for hydroxylation is 1. The molecule has 0 unspecified atom stereocenters. The minimum Gasteiger partial charge on any atom is -0.373 e. The van der Waals surface area contributed by atoms with Gasteiger partial charge in [0.1, 0.15) is 5.82 Å². The van der Waals surface area contributed by atoms with E-state index < -0.39 is 0 Å². The second kappa shape index (κ2) is 6.90. The van der Waals surface area contributed by atoms with Crippen molar-refractivity contribution in [1.29, 1.82) is 0 Å². The van der Waals surface area contributed by atoms with Crippen LogP contribution in [0.5, 0.6) is 0 Å². The Morgan fingerprint density at radius 1 is 1.50 bits per heavy atom. The molecule has 0 saturated carbocycles. The molecule has 1 aliphatic heterocycles. The molecule has 1 aromatic rings. The van der Waals surface area contributed by atoms with Crippen LogP contribution in [0.15, 0.2) is 12.4 Å². The minimum absolute atomic E-state index is 0.0677. The summed E-state index contributed by atoms with van der Waals surface area (Å²) in [6.07, 6.45) is 3.87. The van der Waals surface area contributed by atoms with Gasteiger partial charge in [-0.3, -0.25) is 0 Å². The van der Waals surface area contributed by atoms with Crippen LogP contribution < -0.4 is 5.32 Å². The molecule has 2 heterocycles. The zero-order valence-electron chi connectivity index (χ0n) is 12.4. The molecule has 1 fully saturated rings. The molecule has 0 atom stereocenters. The third-order valence-corrected chi connectivity index (χ3v) is 2.81. The van der Waals surface area contributed by atoms with Crippen molar-refractivity contribution in [1.82, 2.24) is 14.9 Å². The lowest BCUT2D eigenvalue weighted by Gasteiger charge is -2.30. The Morgan fingerprint density at radius 2 is 2.22 bits per heavy atom. The predicted molar refractivity (Wildman–Crippen MR) is 74.7 cm³/mol. The number of imidazole rings is 1. The van der Waals surface area contributed by atoms with Crippen LogP contribution in [0.1, 0.15) is 33.5 Å². The summed E-state index contributed by atoms with van der Waals surface area (Å²) in [5.74, 6) is 1.81. The number of ether oxygens (including phenoxy) is 1. The molecule has 1 saturated heterocycles. The summed E-state index contributed by atoms with van der Waals surface area (Å²) in [4.78, 5) is 4.13. The zero-order valence-corrected chi connectivity index (χ0v) is 12.4. The highest BCUT2D eigenvalue weighted by Crippen LogP contribution is 2.09. The molecule has 1 aromatic heterocycles. The molecule has 4 heteroatoms. The van der Waals surface area contributed by atoms with E-state index in [0.29, 0.717) is 5.92 Å². The Bertz CT molecular complexity index is 337. The number of nitrogens with zero attached hydrogens (tertiary/aromatic N) is 2. The molecule has 0 bridgehead atoms. The van der Waals surface area contributed by atoms with Crippen LogP contribution in [0.25, 0.3) is 0 Å². The number of hydrogen-bond acceptors (Lipinski definition) is 3. The smallest absolute Gasteiger partial charge is 0.105 e. The third kappa shape index (κ3) is 5.65. The molecule has 1 aliphatic rings. The van der Waals surface area contributed by atoms with Crippen molar-refractivity contribution in [3.8, 4) is 0 Å². The Balaban J connectivity index is 0.000000184. The van der Waals surface area contributed by atoms with Gasteiger partial charge >= 0.3 is 0 Å². The first-order valence-corrected chi connectivity index (χ1v) is 6.73. The van der Waals surface area contributed by atoms with Gasteiger partial charge in [-0.2, -0.15) is 0 Å². The van der Waals surface area contributed by atoms with Gasteiger partial charge in [-0.25, -0.2) is 4.98 Å². The highest BCUT2D eigenvalue weighted by atomic mass is 16.5. The van der Waals surface area contributed by atoms with E-state index in [1.54, 1.807) is 0 Å². The van der Waals surface area contributed by atoms with Gasteiger partial charge < -0.3 is 14.6 Å². The second-order valence-corrected chi connectivity index (χ2v) is 5.81. The quantitative estimate of drug-likeness (QED) is 0.878. The van der Waals surface area contributed by atoms with Crippen molar-refractivity contribution in [3.63, 3.8) is 0 Å². The van der Waals surface area contributed by atoms with E-state index >= 15 is 0 Å². The fraction of sp³-hybridized carbons (Fsp3) is 0.786. The molecule has 0 aromatic carbocycles. The average Bonchev–Trinajstić information content (AvgIpc) is 2.64. The number of hydrogen-bond donors (Lipinski definition) is 1. The number of rotatable bonds is 2. The van der Waals surface area contributed by atoms with Crippen LogP contribution in [0, 0.1) is 12.8 Å². The monoisotopic (exact) mass is 253 g/mol. The molecule has 4 nitrogen and oxygen atoms in total. The summed E-state index contributed by atoms with van der Waals surface area (Å²) in [7, 11) is 0. The summed E-state index contributed by atoms with van der Waals surface area (Å²) >= 11 is 0. The topological polar surface area (TPSA) is 39.1 Å². The second-order valence-electron chi connectivity index (χ2n) is 5.81. The molecule has 0 aliphatic carbocycles. The van der Waals surface area contributed by atoms with E-state index in [0.717, 1.165) is 32.1 Å². The maximum absolute atomic E-state index is 5.40. The van der Waals surface area contributed by atoms with Crippen LogP contribution in [-0.4, -0.2) is 34.8 Å². The first-order chi connectivity index (χ1) is 8.41. The molecular formula is C14H27N3O. The van der Waals surface area contributed by atoms with Gasteiger partial charge in [0.25, 0.3) is 0 Å². The highest BCUT2D eigenvalue weighted by molar-refractivity contribution is 4.88. The Labute approximate surface area is 111 Å². The number of nitrogens with one attached hydrogen (secondary N) is 1. The molecule has 0 radical (unpaired) electrons. The molecular weight excluding hydrogens is 226 g/mol. The first-order valence-electron chi connectivity index (χ1n) is 6.73. The van der Waals surface area contributed by atoms with Crippen molar-refractivity contribution >= 4 is 0 Å². The number of morpholine rings is 1. The van der Waals surface area contributed by atoms with E-state index in [1.165, 1.54) is 0 Å². The normalized spacial score (nSPS) is 18.3. The van der Waals surface area contributed by atoms with Gasteiger partial charge in [0, 0.05) is 32.0 Å². The Kier molecular flexibility index (Phi) is 5.82. The summed E-state index contributed by atoms with van der Waals surface area (Å²) in [6, 6.07) is 0. The lowest BCUT2D eigenvalue weighted by Crippen LogP contribution is -2.45. The largest absolute Gasteiger partial charge is 0.373 e. The lowest BCUT2D eigenvalue weighted by molar-refractivity contribution is -0.0384. The van der Waals surface area contributed by atoms with Gasteiger partial charge in [-0.15, -0.1) is 0 Å². The summed E-state index contributed by atoms with van der Waals surface area (Å²) in [6.45, 7) is 14.6. The van der Waals surface area contributed by atoms with Crippen LogP contribution in [0.3, 0.4) is 0 Å². The van der Waals surface area contributed by atoms with Crippen molar-refractivity contribution < 1.29 is 4.74 Å². The maximum atomic E-state index is 5.40. The van der Waals surface area contributed by atoms with Gasteiger partial charge in [-0.1, -0.05) is 13.8 Å². The number of aromatic nitrogens is 2. The summed E-state index contributed by atoms with van der Waals surface area (Å²) < 4.78 is 7.57. The fourth-order valence-electron chi connectivity index (χ4n) is 1.83. The van der Waals surface area contributed by atoms with Crippen LogP contribution in [-0.2, 0) is 11.3 Å². The predicted octanol–water partition coefficient (Wildman–Crippen LogP) is 2.23. The highest BCUT2D eigenvalue weighted by Gasteiger charge is 2.20. The molecule has 0 amide bonds. The maximum Gasteiger partial charge on any atom is 0.105 e. The third-order valence-electron chi connectivity index (χ3n) is 2.81. The molecule has 18 heavy (non-hydrogen) atoms. The Morgan fingerprint density at radius 3 is 2.56 bits per heavy atom. The lowest BCUT2D eigenvalue weighted by atomic mass is 10.1. The standard InChI is InChI=1S/C8H14N2.C6H13NO/c1-7(2)6-10-5-4-9-8(10)3;1-6(2)5-7-3-4-8-6/h4-5,7H,6H2,1-3H3;7H,3-5H2,1-2H3. The summed E-state index contributed by atoms with van der Waals surface area (Å²) in [5.41, 5.74) is 0.0677. The van der Waals surface area contributed by atoms with Crippen LogP contribution >= 0.6 is 0 Å². The van der Waals surface area contributed by atoms with E-state index in [2.05, 4.69) is 42.6 Å². The van der Waals surface area contributed by atoms with Gasteiger partial charge in [0.15, 0.2) is 0 Å². The Hall–Kier alpha value is -0.870. The van der Waals surface area contributed by atoms with Crippen molar-refractivity contribution in [2.24, 2.45) is 5.92 Å². The van der Waals surface area contributed by atoms with Crippen LogP contribution in [0.4, 0.5) is 0 Å². The van der Waals surface area contributed by atoms with Crippen molar-refractivity contribution in [2.45, 2.75) is 46.8 Å². The zero-order chi connectivity index (χ0) is 13.6. The van der Waals surface area contributed by atoms with Crippen molar-refractivity contribution in [2.75, 3.05) is 19.7 Å². The molecule has 1 N–H and O–H groups in total. The van der Waals surface area contributed by atoms with Gasteiger partial charge in [0.05, 0.1) is 12.2 Å². The van der Waals surface area contributed by atoms with Crippen LogP contribution in [0.2, 0.25) is 0 Å². The van der Waals surface area contributed by atoms with Gasteiger partial charge in [0.2, 0.25) is 0 Å². The first kappa shape index (κ1) is 15.2. The van der Waals surface area contributed by atoms with E-state index in [-0.39, 0.29) is 5.60 Å². The van der Waals surface area contributed by atoms with E-state index in [4.69, 9.17) is 4.74 Å². The molecule has 2 rings (SSSR count). The SMILES string of the molecule is CC1(C)CNCCO1.Cc1nccn1CC(C)C. The molecule has 0 spiro atoms. The van der Waals surface area contributed by atoms with E-state index in [9.17, 15) is 0 Å². The van der Waals surface area contributed by atoms with Gasteiger partial charge in [-0.05, 0) is 26.7 Å². The van der Waals surface area contributed by atoms with E-state index in [1.807, 2.05) is 19.3 Å². The summed E-state index contributed by atoms with van der Waals surface area (Å²) in [5, 5.41) is 3.25. The van der Waals surface area contributed by atoms with Crippen molar-refractivity contribution in [3.05, 3.63) is 18.2 Å². The minimum atomic E-state index is 0.0677. The fourth-order valence-corrected chi connectivity index (χ4v) is 1.83.